The number of anilines is 1. The van der Waals surface area contributed by atoms with Crippen molar-refractivity contribution < 1.29 is 4.42 Å². The van der Waals surface area contributed by atoms with Gasteiger partial charge < -0.3 is 13.9 Å². The average Bonchev–Trinajstić information content (AvgIpc) is 3.60. The lowest BCUT2D eigenvalue weighted by molar-refractivity contribution is 0.626. The van der Waals surface area contributed by atoms with E-state index in [0.29, 0.717) is 16.6 Å². The van der Waals surface area contributed by atoms with Gasteiger partial charge in [0.25, 0.3) is 0 Å². The van der Waals surface area contributed by atoms with Crippen LogP contribution in [0.5, 0.6) is 0 Å². The molecule has 0 saturated carbocycles. The molecular formula is C43H44N2OSi. The second kappa shape index (κ2) is 11.0. The second-order valence-corrected chi connectivity index (χ2v) is 20.4. The number of likely N-dealkylation sites (N-methyl/N-ethyl adjacent to an activating group) is 1. The predicted octanol–water partition coefficient (Wildman–Crippen LogP) is 11.9. The van der Waals surface area contributed by atoms with Crippen molar-refractivity contribution in [2.75, 3.05) is 11.9 Å². The molecule has 47 heavy (non-hydrogen) atoms. The van der Waals surface area contributed by atoms with Gasteiger partial charge in [0.1, 0.15) is 17.3 Å². The molecule has 1 atom stereocenters. The third kappa shape index (κ3) is 4.38. The lowest BCUT2D eigenvalue weighted by atomic mass is 10.0. The van der Waals surface area contributed by atoms with Gasteiger partial charge in [0.05, 0.1) is 19.1 Å². The number of fused-ring (bicyclic) bond motifs is 7. The van der Waals surface area contributed by atoms with E-state index in [1.54, 1.807) is 5.19 Å². The van der Waals surface area contributed by atoms with E-state index in [1.165, 1.54) is 44.2 Å². The topological polar surface area (TPSA) is 21.3 Å². The highest BCUT2D eigenvalue weighted by Gasteiger charge is 2.44. The van der Waals surface area contributed by atoms with Crippen LogP contribution in [0.4, 0.5) is 5.69 Å². The molecule has 3 heterocycles. The zero-order valence-electron chi connectivity index (χ0n) is 28.6. The third-order valence-corrected chi connectivity index (χ3v) is 18.3. The summed E-state index contributed by atoms with van der Waals surface area (Å²) in [5, 5.41) is 6.47. The fourth-order valence-corrected chi connectivity index (χ4v) is 16.1. The fraction of sp³-hybridized carbons (Fsp3) is 0.256. The van der Waals surface area contributed by atoms with E-state index in [4.69, 9.17) is 4.42 Å². The maximum Gasteiger partial charge on any atom is 0.135 e. The highest BCUT2D eigenvalue weighted by Crippen LogP contribution is 2.44. The molecule has 0 amide bonds. The van der Waals surface area contributed by atoms with E-state index in [1.807, 2.05) is 12.1 Å². The number of rotatable bonds is 6. The summed E-state index contributed by atoms with van der Waals surface area (Å²) >= 11 is 0. The first kappa shape index (κ1) is 29.8. The molecule has 0 bridgehead atoms. The lowest BCUT2D eigenvalue weighted by Gasteiger charge is -2.44. The highest BCUT2D eigenvalue weighted by atomic mass is 28.3. The fourth-order valence-electron chi connectivity index (χ4n) is 9.37. The maximum absolute atomic E-state index is 6.12. The van der Waals surface area contributed by atoms with Gasteiger partial charge in [0, 0.05) is 34.3 Å². The number of aromatic nitrogens is 1. The van der Waals surface area contributed by atoms with Gasteiger partial charge in [-0.2, -0.15) is 0 Å². The van der Waals surface area contributed by atoms with Gasteiger partial charge >= 0.3 is 0 Å². The van der Waals surface area contributed by atoms with Crippen molar-refractivity contribution in [2.45, 2.75) is 64.3 Å². The van der Waals surface area contributed by atoms with Crippen molar-refractivity contribution in [3.8, 4) is 11.1 Å². The first-order valence-corrected chi connectivity index (χ1v) is 19.4. The Kier molecular flexibility index (Phi) is 7.00. The molecule has 1 aliphatic rings. The van der Waals surface area contributed by atoms with E-state index in [2.05, 4.69) is 161 Å². The summed E-state index contributed by atoms with van der Waals surface area (Å²) in [5.74, 6) is 0. The smallest absolute Gasteiger partial charge is 0.135 e. The minimum absolute atomic E-state index is 0.0672. The van der Waals surface area contributed by atoms with Gasteiger partial charge in [-0.05, 0) is 81.9 Å². The molecule has 1 aliphatic heterocycles. The average molecular weight is 633 g/mol. The molecule has 0 spiro atoms. The summed E-state index contributed by atoms with van der Waals surface area (Å²) in [6.07, 6.45) is 4.84. The Morgan fingerprint density at radius 2 is 1.21 bits per heavy atom. The standard InChI is InChI=1S/C43H44N2OSi/c1-27(2)47(28(3)4,29(5)6)33-19-21-38-32(24-33)18-23-43(44(38)7)45-39-14-10-8-12-34(39)36-25-30(16-20-40(36)45)31-17-22-42-37(26-31)35-13-9-11-15-41(35)46-42/h8-29,43H,1-7H3. The van der Waals surface area contributed by atoms with E-state index in [9.17, 15) is 0 Å². The molecule has 0 radical (unpaired) electrons. The van der Waals surface area contributed by atoms with Crippen molar-refractivity contribution in [3.63, 3.8) is 0 Å². The van der Waals surface area contributed by atoms with Gasteiger partial charge in [0.2, 0.25) is 0 Å². The zero-order valence-corrected chi connectivity index (χ0v) is 29.6. The van der Waals surface area contributed by atoms with Gasteiger partial charge in [-0.25, -0.2) is 0 Å². The van der Waals surface area contributed by atoms with Gasteiger partial charge in [-0.3, -0.25) is 0 Å². The molecule has 4 heteroatoms. The number of benzene rings is 5. The molecule has 0 aliphatic carbocycles. The summed E-state index contributed by atoms with van der Waals surface area (Å²) in [5.41, 5.74) is 11.5. The summed E-state index contributed by atoms with van der Waals surface area (Å²) in [4.78, 5) is 2.46. The molecule has 1 unspecified atom stereocenters. The predicted molar refractivity (Wildman–Crippen MR) is 206 cm³/mol. The maximum atomic E-state index is 6.12. The number of furan rings is 1. The Morgan fingerprint density at radius 3 is 1.96 bits per heavy atom. The van der Waals surface area contributed by atoms with Crippen molar-refractivity contribution in [1.82, 2.24) is 4.57 Å². The van der Waals surface area contributed by atoms with Crippen molar-refractivity contribution >= 4 is 68.8 Å². The molecular weight excluding hydrogens is 589 g/mol. The molecule has 0 N–H and O–H groups in total. The Hall–Kier alpha value is -4.54. The Morgan fingerprint density at radius 1 is 0.596 bits per heavy atom. The van der Waals surface area contributed by atoms with Crippen molar-refractivity contribution in [2.24, 2.45) is 0 Å². The Bertz CT molecular complexity index is 2310. The number of nitrogens with zero attached hydrogens (tertiary/aromatic N) is 2. The molecule has 3 nitrogen and oxygen atoms in total. The second-order valence-electron chi connectivity index (χ2n) is 14.5. The van der Waals surface area contributed by atoms with Crippen LogP contribution in [-0.4, -0.2) is 19.7 Å². The molecule has 5 aromatic carbocycles. The highest BCUT2D eigenvalue weighted by molar-refractivity contribution is 6.95. The van der Waals surface area contributed by atoms with Crippen LogP contribution in [-0.2, 0) is 0 Å². The summed E-state index contributed by atoms with van der Waals surface area (Å²) < 4.78 is 8.64. The third-order valence-electron chi connectivity index (χ3n) is 11.3. The summed E-state index contributed by atoms with van der Waals surface area (Å²) in [6.45, 7) is 14.7. The first-order valence-electron chi connectivity index (χ1n) is 17.2. The number of hydrogen-bond donors (Lipinski definition) is 0. The van der Waals surface area contributed by atoms with Crippen LogP contribution in [0.3, 0.4) is 0 Å². The van der Waals surface area contributed by atoms with Crippen LogP contribution in [0.1, 0.15) is 53.3 Å². The van der Waals surface area contributed by atoms with Gasteiger partial charge in [0.15, 0.2) is 0 Å². The molecule has 236 valence electrons. The van der Waals surface area contributed by atoms with Crippen LogP contribution in [0.2, 0.25) is 16.6 Å². The van der Waals surface area contributed by atoms with Crippen LogP contribution >= 0.6 is 0 Å². The zero-order chi connectivity index (χ0) is 32.6. The number of para-hydroxylation sites is 2. The first-order chi connectivity index (χ1) is 22.7. The van der Waals surface area contributed by atoms with E-state index >= 15 is 0 Å². The summed E-state index contributed by atoms with van der Waals surface area (Å²) in [6, 6.07) is 38.1. The molecule has 2 aromatic heterocycles. The van der Waals surface area contributed by atoms with Gasteiger partial charge in [-0.15, -0.1) is 0 Å². The lowest BCUT2D eigenvalue weighted by Crippen LogP contribution is -2.55. The molecule has 7 aromatic rings. The van der Waals surface area contributed by atoms with Crippen molar-refractivity contribution in [1.29, 1.82) is 0 Å². The summed E-state index contributed by atoms with van der Waals surface area (Å²) in [7, 11) is 0.505. The van der Waals surface area contributed by atoms with Crippen LogP contribution in [0, 0.1) is 0 Å². The minimum atomic E-state index is -1.75. The SMILES string of the molecule is CC(C)[Si](c1ccc2c(c1)C=CC(n1c3ccccc3c3cc(-c4ccc5oc6ccccc6c5c4)ccc31)N2C)(C(C)C)C(C)C. The monoisotopic (exact) mass is 632 g/mol. The number of hydrogen-bond acceptors (Lipinski definition) is 2. The Labute approximate surface area is 279 Å². The van der Waals surface area contributed by atoms with Crippen LogP contribution in [0.15, 0.2) is 114 Å². The quantitative estimate of drug-likeness (QED) is 0.170. The normalized spacial score (nSPS) is 15.4. The van der Waals surface area contributed by atoms with Crippen LogP contribution < -0.4 is 10.1 Å². The molecule has 0 saturated heterocycles. The van der Waals surface area contributed by atoms with E-state index < -0.39 is 8.07 Å². The molecule has 8 rings (SSSR count). The largest absolute Gasteiger partial charge is 0.456 e. The Balaban J connectivity index is 1.23. The minimum Gasteiger partial charge on any atom is -0.456 e. The van der Waals surface area contributed by atoms with Gasteiger partial charge in [-0.1, -0.05) is 113 Å². The van der Waals surface area contributed by atoms with E-state index in [-0.39, 0.29) is 6.17 Å². The van der Waals surface area contributed by atoms with E-state index in [0.717, 1.165) is 21.9 Å². The van der Waals surface area contributed by atoms with Crippen molar-refractivity contribution in [3.05, 3.63) is 115 Å². The van der Waals surface area contributed by atoms with Crippen LogP contribution in [0.25, 0.3) is 60.9 Å². The molecule has 0 fully saturated rings.